The number of aliphatic carboxylic acids is 1. The van der Waals surface area contributed by atoms with E-state index in [-0.39, 0.29) is 17.7 Å². The first kappa shape index (κ1) is 24.6. The van der Waals surface area contributed by atoms with Gasteiger partial charge in [0, 0.05) is 37.4 Å². The molecule has 0 saturated heterocycles. The molecule has 1 aliphatic heterocycles. The van der Waals surface area contributed by atoms with Crippen LogP contribution in [0.3, 0.4) is 0 Å². The number of carbonyl (C=O) groups is 4. The maximum atomic E-state index is 11.1. The first-order valence-corrected chi connectivity index (χ1v) is 9.35. The molecule has 3 amide bonds. The van der Waals surface area contributed by atoms with Gasteiger partial charge in [0.15, 0.2) is 0 Å². The molecule has 1 rings (SSSR count). The van der Waals surface area contributed by atoms with Crippen molar-refractivity contribution >= 4 is 23.7 Å². The summed E-state index contributed by atoms with van der Waals surface area (Å²) < 4.78 is 0. The number of rotatable bonds is 10. The van der Waals surface area contributed by atoms with Crippen molar-refractivity contribution < 1.29 is 24.3 Å². The number of nitrogens with one attached hydrogen (secondary N) is 1. The molecule has 7 heteroatoms. The van der Waals surface area contributed by atoms with Gasteiger partial charge >= 0.3 is 5.97 Å². The summed E-state index contributed by atoms with van der Waals surface area (Å²) >= 11 is 0. The van der Waals surface area contributed by atoms with Crippen molar-refractivity contribution in [3.8, 4) is 0 Å². The van der Waals surface area contributed by atoms with Crippen LogP contribution in [0.15, 0.2) is 24.3 Å². The number of carbonyl (C=O) groups excluding carboxylic acids is 3. The summed E-state index contributed by atoms with van der Waals surface area (Å²) in [5.41, 5.74) is 0. The highest BCUT2D eigenvalue weighted by Crippen LogP contribution is 2.08. The van der Waals surface area contributed by atoms with Crippen molar-refractivity contribution in [3.63, 3.8) is 0 Å². The standard InChI is InChI=1S/C10H17NO3.C10H15NO2/c1-8(2)4-3-7-11-9(12)5-6-10(13)14;1-8(2)4-3-7-11-9(12)5-6-10(11)13/h5-6,8H,3-4,7H2,1-2H3,(H,11,12)(H,13,14);5-6,8H,3-4,7H2,1-2H3. The first-order chi connectivity index (χ1) is 12.6. The Morgan fingerprint density at radius 1 is 1.00 bits per heavy atom. The second-order valence-electron chi connectivity index (χ2n) is 7.20. The van der Waals surface area contributed by atoms with Crippen LogP contribution in [0.4, 0.5) is 0 Å². The van der Waals surface area contributed by atoms with Crippen LogP contribution in [-0.4, -0.2) is 46.8 Å². The van der Waals surface area contributed by atoms with Crippen molar-refractivity contribution in [1.82, 2.24) is 10.2 Å². The Kier molecular flexibility index (Phi) is 12.5. The van der Waals surface area contributed by atoms with Gasteiger partial charge in [-0.3, -0.25) is 19.3 Å². The number of amides is 3. The van der Waals surface area contributed by atoms with Gasteiger partial charge < -0.3 is 10.4 Å². The minimum atomic E-state index is -1.11. The highest BCUT2D eigenvalue weighted by Gasteiger charge is 2.22. The highest BCUT2D eigenvalue weighted by atomic mass is 16.4. The molecule has 0 bridgehead atoms. The molecule has 0 aromatic heterocycles. The normalized spacial score (nSPS) is 13.5. The van der Waals surface area contributed by atoms with E-state index < -0.39 is 5.97 Å². The van der Waals surface area contributed by atoms with Gasteiger partial charge in [0.1, 0.15) is 0 Å². The Morgan fingerprint density at radius 2 is 1.52 bits per heavy atom. The first-order valence-electron chi connectivity index (χ1n) is 9.35. The van der Waals surface area contributed by atoms with Crippen molar-refractivity contribution in [2.24, 2.45) is 11.8 Å². The Balaban J connectivity index is 0.000000501. The van der Waals surface area contributed by atoms with Gasteiger partial charge in [-0.15, -0.1) is 0 Å². The van der Waals surface area contributed by atoms with Gasteiger partial charge in [-0.25, -0.2) is 4.79 Å². The van der Waals surface area contributed by atoms with Gasteiger partial charge in [-0.1, -0.05) is 27.7 Å². The molecule has 0 fully saturated rings. The fourth-order valence-corrected chi connectivity index (χ4v) is 2.24. The Labute approximate surface area is 161 Å². The van der Waals surface area contributed by atoms with Crippen LogP contribution in [-0.2, 0) is 19.2 Å². The SMILES string of the molecule is CC(C)CCCN1C(=O)C=CC1=O.CC(C)CCCNC(=O)C=CC(=O)O. The highest BCUT2D eigenvalue weighted by molar-refractivity contribution is 6.12. The van der Waals surface area contributed by atoms with E-state index in [1.165, 1.54) is 17.1 Å². The van der Waals surface area contributed by atoms with Crippen LogP contribution in [0, 0.1) is 11.8 Å². The van der Waals surface area contributed by atoms with Crippen LogP contribution >= 0.6 is 0 Å². The van der Waals surface area contributed by atoms with Crippen LogP contribution in [0.5, 0.6) is 0 Å². The summed E-state index contributed by atoms with van der Waals surface area (Å²) in [6.45, 7) is 9.65. The molecular weight excluding hydrogens is 348 g/mol. The third kappa shape index (κ3) is 13.4. The second-order valence-corrected chi connectivity index (χ2v) is 7.20. The lowest BCUT2D eigenvalue weighted by Gasteiger charge is -2.13. The molecule has 7 nitrogen and oxygen atoms in total. The number of carboxylic acid groups (broad SMARTS) is 1. The fourth-order valence-electron chi connectivity index (χ4n) is 2.24. The van der Waals surface area contributed by atoms with Gasteiger partial charge in [0.25, 0.3) is 11.8 Å². The van der Waals surface area contributed by atoms with Crippen LogP contribution in [0.25, 0.3) is 0 Å². The molecule has 0 radical (unpaired) electrons. The lowest BCUT2D eigenvalue weighted by Crippen LogP contribution is -2.30. The summed E-state index contributed by atoms with van der Waals surface area (Å²) in [5, 5.41) is 10.8. The number of hydrogen-bond acceptors (Lipinski definition) is 4. The average Bonchev–Trinajstić information content (AvgIpc) is 2.89. The van der Waals surface area contributed by atoms with Crippen molar-refractivity contribution in [3.05, 3.63) is 24.3 Å². The van der Waals surface area contributed by atoms with E-state index >= 15 is 0 Å². The van der Waals surface area contributed by atoms with Crippen LogP contribution in [0.2, 0.25) is 0 Å². The molecule has 0 spiro atoms. The molecule has 152 valence electrons. The van der Waals surface area contributed by atoms with Crippen molar-refractivity contribution in [2.75, 3.05) is 13.1 Å². The van der Waals surface area contributed by atoms with E-state index in [2.05, 4.69) is 33.0 Å². The van der Waals surface area contributed by atoms with E-state index in [0.717, 1.165) is 37.8 Å². The third-order valence-corrected chi connectivity index (χ3v) is 3.70. The summed E-state index contributed by atoms with van der Waals surface area (Å²) in [7, 11) is 0. The van der Waals surface area contributed by atoms with E-state index in [0.29, 0.717) is 24.9 Å². The molecule has 1 heterocycles. The summed E-state index contributed by atoms with van der Waals surface area (Å²) in [4.78, 5) is 44.4. The van der Waals surface area contributed by atoms with Gasteiger partial charge in [-0.05, 0) is 37.5 Å². The quantitative estimate of drug-likeness (QED) is 0.344. The molecule has 1 aliphatic rings. The average molecular weight is 380 g/mol. The smallest absolute Gasteiger partial charge is 0.328 e. The van der Waals surface area contributed by atoms with E-state index in [4.69, 9.17) is 5.11 Å². The van der Waals surface area contributed by atoms with Crippen LogP contribution < -0.4 is 5.32 Å². The summed E-state index contributed by atoms with van der Waals surface area (Å²) in [6, 6.07) is 0. The number of hydrogen-bond donors (Lipinski definition) is 2. The molecule has 0 unspecified atom stereocenters. The van der Waals surface area contributed by atoms with Crippen molar-refractivity contribution in [2.45, 2.75) is 53.4 Å². The van der Waals surface area contributed by atoms with Crippen molar-refractivity contribution in [1.29, 1.82) is 0 Å². The number of carboxylic acids is 1. The van der Waals surface area contributed by atoms with E-state index in [9.17, 15) is 19.2 Å². The Hall–Kier alpha value is -2.44. The monoisotopic (exact) mass is 380 g/mol. The zero-order valence-corrected chi connectivity index (χ0v) is 16.7. The molecule has 0 atom stereocenters. The third-order valence-electron chi connectivity index (χ3n) is 3.70. The zero-order valence-electron chi connectivity index (χ0n) is 16.7. The minimum Gasteiger partial charge on any atom is -0.478 e. The number of nitrogens with zero attached hydrogens (tertiary/aromatic N) is 1. The summed E-state index contributed by atoms with van der Waals surface area (Å²) in [5.74, 6) is -0.553. The van der Waals surface area contributed by atoms with Gasteiger partial charge in [0.2, 0.25) is 5.91 Å². The molecule has 0 aliphatic carbocycles. The lowest BCUT2D eigenvalue weighted by molar-refractivity contribution is -0.137. The lowest BCUT2D eigenvalue weighted by atomic mass is 10.1. The van der Waals surface area contributed by atoms with E-state index in [1.54, 1.807) is 0 Å². The summed E-state index contributed by atoms with van der Waals surface area (Å²) in [6.07, 6.45) is 8.45. The minimum absolute atomic E-state index is 0.172. The molecule has 27 heavy (non-hydrogen) atoms. The van der Waals surface area contributed by atoms with Crippen LogP contribution in [0.1, 0.15) is 53.4 Å². The van der Waals surface area contributed by atoms with E-state index in [1.807, 2.05) is 0 Å². The predicted octanol–water partition coefficient (Wildman–Crippen LogP) is 2.53. The zero-order chi connectivity index (χ0) is 20.8. The topological polar surface area (TPSA) is 104 Å². The van der Waals surface area contributed by atoms with Gasteiger partial charge in [0.05, 0.1) is 0 Å². The molecular formula is C20H32N2O5. The molecule has 2 N–H and O–H groups in total. The Morgan fingerprint density at radius 3 is 2.00 bits per heavy atom. The predicted molar refractivity (Wildman–Crippen MR) is 104 cm³/mol. The maximum Gasteiger partial charge on any atom is 0.328 e. The second kappa shape index (κ2) is 13.7. The number of imide groups is 1. The largest absolute Gasteiger partial charge is 0.478 e. The molecule has 0 saturated carbocycles. The fraction of sp³-hybridized carbons (Fsp3) is 0.600. The van der Waals surface area contributed by atoms with Gasteiger partial charge in [-0.2, -0.15) is 0 Å². The molecule has 0 aromatic carbocycles. The molecule has 0 aromatic rings. The maximum absolute atomic E-state index is 11.1. The Bertz CT molecular complexity index is 547.